The van der Waals surface area contributed by atoms with Crippen LogP contribution in [0.2, 0.25) is 0 Å². The summed E-state index contributed by atoms with van der Waals surface area (Å²) in [6, 6.07) is 8.28. The fraction of sp³-hybridized carbons (Fsp3) is 0.458. The number of aromatic hydroxyl groups is 2. The topological polar surface area (TPSA) is 122 Å². The van der Waals surface area contributed by atoms with Crippen molar-refractivity contribution in [3.63, 3.8) is 0 Å². The molecule has 2 rings (SSSR count). The SMILES string of the molecule is CCCc1cc(NC(=O)C(N)CCCCN)c(O)c(-c2ccc(O)cc2CCC)c1. The van der Waals surface area contributed by atoms with Crippen molar-refractivity contribution >= 4 is 11.6 Å². The average molecular weight is 414 g/mol. The molecule has 7 N–H and O–H groups in total. The molecule has 0 radical (unpaired) electrons. The number of phenolic OH excluding ortho intramolecular Hbond substituents is 2. The lowest BCUT2D eigenvalue weighted by Gasteiger charge is -2.18. The maximum atomic E-state index is 12.6. The Labute approximate surface area is 179 Å². The van der Waals surface area contributed by atoms with Gasteiger partial charge in [-0.15, -0.1) is 0 Å². The quantitative estimate of drug-likeness (QED) is 0.281. The second-order valence-electron chi connectivity index (χ2n) is 7.76. The van der Waals surface area contributed by atoms with Crippen LogP contribution in [0.15, 0.2) is 30.3 Å². The van der Waals surface area contributed by atoms with Gasteiger partial charge >= 0.3 is 0 Å². The zero-order valence-electron chi connectivity index (χ0n) is 18.1. The van der Waals surface area contributed by atoms with E-state index in [2.05, 4.69) is 19.2 Å². The summed E-state index contributed by atoms with van der Waals surface area (Å²) < 4.78 is 0. The summed E-state index contributed by atoms with van der Waals surface area (Å²) in [5, 5.41) is 23.7. The minimum absolute atomic E-state index is 0.0143. The van der Waals surface area contributed by atoms with Crippen molar-refractivity contribution in [3.8, 4) is 22.6 Å². The molecule has 0 aliphatic heterocycles. The Morgan fingerprint density at radius 2 is 1.77 bits per heavy atom. The van der Waals surface area contributed by atoms with Gasteiger partial charge in [-0.2, -0.15) is 0 Å². The second kappa shape index (κ2) is 11.6. The smallest absolute Gasteiger partial charge is 0.241 e. The van der Waals surface area contributed by atoms with E-state index in [1.54, 1.807) is 12.1 Å². The van der Waals surface area contributed by atoms with Crippen LogP contribution in [0.1, 0.15) is 57.1 Å². The number of carbonyl (C=O) groups excluding carboxylic acids is 1. The summed E-state index contributed by atoms with van der Waals surface area (Å²) in [6.45, 7) is 4.73. The lowest BCUT2D eigenvalue weighted by atomic mass is 9.93. The van der Waals surface area contributed by atoms with E-state index in [0.717, 1.165) is 55.2 Å². The van der Waals surface area contributed by atoms with Crippen LogP contribution < -0.4 is 16.8 Å². The summed E-state index contributed by atoms with van der Waals surface area (Å²) in [7, 11) is 0. The van der Waals surface area contributed by atoms with Gasteiger partial charge in [0, 0.05) is 5.56 Å². The molecule has 0 saturated carbocycles. The number of unbranched alkanes of at least 4 members (excludes halogenated alkanes) is 1. The van der Waals surface area contributed by atoms with Crippen LogP contribution in [0.5, 0.6) is 11.5 Å². The van der Waals surface area contributed by atoms with E-state index in [4.69, 9.17) is 11.5 Å². The molecule has 1 atom stereocenters. The van der Waals surface area contributed by atoms with Gasteiger partial charge in [-0.3, -0.25) is 4.79 Å². The number of carbonyl (C=O) groups is 1. The second-order valence-corrected chi connectivity index (χ2v) is 7.76. The van der Waals surface area contributed by atoms with E-state index in [1.165, 1.54) is 0 Å². The molecular weight excluding hydrogens is 378 g/mol. The van der Waals surface area contributed by atoms with Crippen LogP contribution in [0, 0.1) is 0 Å². The molecule has 1 amide bonds. The first-order valence-electron chi connectivity index (χ1n) is 10.9. The zero-order chi connectivity index (χ0) is 22.1. The standard InChI is InChI=1S/C24H35N3O3/c1-3-7-16-13-20(19-11-10-18(28)15-17(19)8-4-2)23(29)22(14-16)27-24(30)21(26)9-5-6-12-25/h10-11,13-15,21,28-29H,3-9,12,25-26H2,1-2H3,(H,27,30). The Morgan fingerprint density at radius 3 is 2.43 bits per heavy atom. The lowest BCUT2D eigenvalue weighted by Crippen LogP contribution is -2.35. The van der Waals surface area contributed by atoms with Crippen LogP contribution in [-0.4, -0.2) is 28.7 Å². The van der Waals surface area contributed by atoms with E-state index in [9.17, 15) is 15.0 Å². The molecule has 2 aromatic rings. The van der Waals surface area contributed by atoms with E-state index >= 15 is 0 Å². The molecule has 6 nitrogen and oxygen atoms in total. The number of benzene rings is 2. The number of hydrogen-bond acceptors (Lipinski definition) is 5. The van der Waals surface area contributed by atoms with Crippen molar-refractivity contribution in [3.05, 3.63) is 41.5 Å². The summed E-state index contributed by atoms with van der Waals surface area (Å²) in [4.78, 5) is 12.6. The number of nitrogens with two attached hydrogens (primary N) is 2. The summed E-state index contributed by atoms with van der Waals surface area (Å²) in [5.74, 6) is -0.106. The van der Waals surface area contributed by atoms with Crippen LogP contribution in [0.3, 0.4) is 0 Å². The van der Waals surface area contributed by atoms with Gasteiger partial charge < -0.3 is 27.0 Å². The highest BCUT2D eigenvalue weighted by Gasteiger charge is 2.19. The number of rotatable bonds is 11. The van der Waals surface area contributed by atoms with Crippen molar-refractivity contribution < 1.29 is 15.0 Å². The fourth-order valence-electron chi connectivity index (χ4n) is 3.61. The average Bonchev–Trinajstić information content (AvgIpc) is 2.71. The van der Waals surface area contributed by atoms with Gasteiger partial charge in [-0.1, -0.05) is 39.2 Å². The number of hydrogen-bond donors (Lipinski definition) is 5. The van der Waals surface area contributed by atoms with Gasteiger partial charge in [0.25, 0.3) is 0 Å². The van der Waals surface area contributed by atoms with Crippen LogP contribution >= 0.6 is 0 Å². The Morgan fingerprint density at radius 1 is 1.03 bits per heavy atom. The molecule has 0 spiro atoms. The number of aryl methyl sites for hydroxylation is 2. The van der Waals surface area contributed by atoms with Crippen LogP contribution in [-0.2, 0) is 17.6 Å². The van der Waals surface area contributed by atoms with E-state index < -0.39 is 6.04 Å². The number of anilines is 1. The molecule has 0 bridgehead atoms. The third-order valence-corrected chi connectivity index (χ3v) is 5.17. The van der Waals surface area contributed by atoms with Crippen LogP contribution in [0.4, 0.5) is 5.69 Å². The summed E-state index contributed by atoms with van der Waals surface area (Å²) in [6.07, 6.45) is 5.59. The molecule has 6 heteroatoms. The van der Waals surface area contributed by atoms with Gasteiger partial charge in [0.2, 0.25) is 5.91 Å². The molecular formula is C24H35N3O3. The van der Waals surface area contributed by atoms with Crippen molar-refractivity contribution in [1.82, 2.24) is 0 Å². The molecule has 0 heterocycles. The first-order chi connectivity index (χ1) is 14.4. The van der Waals surface area contributed by atoms with Crippen LogP contribution in [0.25, 0.3) is 11.1 Å². The zero-order valence-corrected chi connectivity index (χ0v) is 18.1. The highest BCUT2D eigenvalue weighted by atomic mass is 16.3. The lowest BCUT2D eigenvalue weighted by molar-refractivity contribution is -0.117. The minimum Gasteiger partial charge on any atom is -0.508 e. The minimum atomic E-state index is -0.654. The predicted octanol–water partition coefficient (Wildman–Crippen LogP) is 4.06. The first kappa shape index (κ1) is 23.7. The monoisotopic (exact) mass is 413 g/mol. The van der Waals surface area contributed by atoms with Gasteiger partial charge in [0.15, 0.2) is 0 Å². The largest absolute Gasteiger partial charge is 0.508 e. The van der Waals surface area contributed by atoms with Crippen molar-refractivity contribution in [2.45, 2.75) is 64.8 Å². The summed E-state index contributed by atoms with van der Waals surface area (Å²) in [5.41, 5.74) is 15.4. The van der Waals surface area contributed by atoms with Crippen molar-refractivity contribution in [2.24, 2.45) is 11.5 Å². The molecule has 0 aromatic heterocycles. The molecule has 30 heavy (non-hydrogen) atoms. The van der Waals surface area contributed by atoms with Gasteiger partial charge in [-0.05, 0) is 73.2 Å². The number of nitrogens with one attached hydrogen (secondary N) is 1. The third-order valence-electron chi connectivity index (χ3n) is 5.17. The Bertz CT molecular complexity index is 852. The maximum Gasteiger partial charge on any atom is 0.241 e. The van der Waals surface area contributed by atoms with Crippen molar-refractivity contribution in [2.75, 3.05) is 11.9 Å². The van der Waals surface area contributed by atoms with Crippen molar-refractivity contribution in [1.29, 1.82) is 0 Å². The summed E-state index contributed by atoms with van der Waals surface area (Å²) >= 11 is 0. The predicted molar refractivity (Wildman–Crippen MR) is 123 cm³/mol. The maximum absolute atomic E-state index is 12.6. The highest BCUT2D eigenvalue weighted by molar-refractivity contribution is 5.97. The fourth-order valence-corrected chi connectivity index (χ4v) is 3.61. The third kappa shape index (κ3) is 6.21. The molecule has 0 aliphatic carbocycles. The molecule has 0 fully saturated rings. The van der Waals surface area contributed by atoms with Gasteiger partial charge in [0.1, 0.15) is 11.5 Å². The molecule has 164 valence electrons. The van der Waals surface area contributed by atoms with Gasteiger partial charge in [0.05, 0.1) is 11.7 Å². The number of amides is 1. The van der Waals surface area contributed by atoms with E-state index in [0.29, 0.717) is 24.2 Å². The number of phenols is 2. The molecule has 0 aliphatic rings. The Hall–Kier alpha value is -2.57. The first-order valence-corrected chi connectivity index (χ1v) is 10.9. The normalized spacial score (nSPS) is 12.0. The Kier molecular flexibility index (Phi) is 9.15. The molecule has 0 saturated heterocycles. The Balaban J connectivity index is 2.42. The highest BCUT2D eigenvalue weighted by Crippen LogP contribution is 2.40. The van der Waals surface area contributed by atoms with E-state index in [-0.39, 0.29) is 17.4 Å². The van der Waals surface area contributed by atoms with E-state index in [1.807, 2.05) is 18.2 Å². The molecule has 1 unspecified atom stereocenters. The van der Waals surface area contributed by atoms with Gasteiger partial charge in [-0.25, -0.2) is 0 Å². The molecule has 2 aromatic carbocycles.